The second-order valence-electron chi connectivity index (χ2n) is 2.64. The second kappa shape index (κ2) is 9.56. The molecule has 0 spiro atoms. The van der Waals surface area contributed by atoms with Crippen LogP contribution in [-0.2, 0) is 0 Å². The molecule has 0 bridgehead atoms. The van der Waals surface area contributed by atoms with Crippen LogP contribution in [0.5, 0.6) is 0 Å². The van der Waals surface area contributed by atoms with E-state index in [4.69, 9.17) is 5.53 Å². The lowest BCUT2D eigenvalue weighted by Gasteiger charge is -1.92. The van der Waals surface area contributed by atoms with Crippen LogP contribution in [0, 0.1) is 0 Å². The van der Waals surface area contributed by atoms with Crippen molar-refractivity contribution in [2.75, 3.05) is 7.05 Å². The van der Waals surface area contributed by atoms with Crippen molar-refractivity contribution in [3.63, 3.8) is 0 Å². The van der Waals surface area contributed by atoms with Gasteiger partial charge in [-0.2, -0.15) is 0 Å². The zero-order valence-electron chi connectivity index (χ0n) is 9.96. The van der Waals surface area contributed by atoms with E-state index in [1.807, 2.05) is 13.8 Å². The molecule has 3 nitrogen and oxygen atoms in total. The smallest absolute Gasteiger partial charge is 0.0139 e. The van der Waals surface area contributed by atoms with Crippen molar-refractivity contribution in [3.05, 3.63) is 59.0 Å². The SMILES string of the molecule is CC.CN=[N+]=[N-].c1ccc2ccccc2c1. The fraction of sp³-hybridized carbons (Fsp3) is 0.231. The van der Waals surface area contributed by atoms with Crippen LogP contribution in [0.4, 0.5) is 0 Å². The first-order valence-corrected chi connectivity index (χ1v) is 5.25. The summed E-state index contributed by atoms with van der Waals surface area (Å²) in [7, 11) is 1.39. The van der Waals surface area contributed by atoms with Crippen LogP contribution < -0.4 is 0 Å². The van der Waals surface area contributed by atoms with Gasteiger partial charge in [-0.3, -0.25) is 0 Å². The summed E-state index contributed by atoms with van der Waals surface area (Å²) >= 11 is 0. The molecule has 2 rings (SSSR count). The molecule has 16 heavy (non-hydrogen) atoms. The van der Waals surface area contributed by atoms with Crippen LogP contribution in [0.25, 0.3) is 21.2 Å². The number of hydrogen-bond acceptors (Lipinski definition) is 1. The quantitative estimate of drug-likeness (QED) is 0.344. The molecule has 2 aromatic rings. The average molecular weight is 215 g/mol. The lowest BCUT2D eigenvalue weighted by Crippen LogP contribution is -1.67. The van der Waals surface area contributed by atoms with Gasteiger partial charge in [-0.25, -0.2) is 0 Å². The summed E-state index contributed by atoms with van der Waals surface area (Å²) in [5.41, 5.74) is 7.33. The van der Waals surface area contributed by atoms with E-state index in [0.29, 0.717) is 0 Å². The molecule has 0 aliphatic carbocycles. The highest BCUT2D eigenvalue weighted by atomic mass is 15.1. The molecule has 2 aromatic carbocycles. The minimum Gasteiger partial charge on any atom is -0.0973 e. The summed E-state index contributed by atoms with van der Waals surface area (Å²) in [4.78, 5) is 2.36. The second-order valence-corrected chi connectivity index (χ2v) is 2.64. The van der Waals surface area contributed by atoms with Gasteiger partial charge in [0.25, 0.3) is 0 Å². The predicted octanol–water partition coefficient (Wildman–Crippen LogP) is 4.79. The van der Waals surface area contributed by atoms with Crippen molar-refractivity contribution >= 4 is 10.8 Å². The normalized spacial score (nSPS) is 7.69. The first kappa shape index (κ1) is 14.0. The number of rotatable bonds is 0. The highest BCUT2D eigenvalue weighted by molar-refractivity contribution is 5.81. The Hall–Kier alpha value is -1.99. The molecule has 0 aliphatic heterocycles. The average Bonchev–Trinajstić information content (AvgIpc) is 2.41. The number of hydrogen-bond donors (Lipinski definition) is 0. The van der Waals surface area contributed by atoms with Crippen LogP contribution in [-0.4, -0.2) is 7.05 Å². The summed E-state index contributed by atoms with van der Waals surface area (Å²) in [6.07, 6.45) is 0. The van der Waals surface area contributed by atoms with Crippen molar-refractivity contribution in [3.8, 4) is 0 Å². The molecular weight excluding hydrogens is 198 g/mol. The highest BCUT2D eigenvalue weighted by Gasteiger charge is 1.85. The van der Waals surface area contributed by atoms with Crippen LogP contribution in [0.3, 0.4) is 0 Å². The van der Waals surface area contributed by atoms with Gasteiger partial charge in [0.1, 0.15) is 0 Å². The van der Waals surface area contributed by atoms with Gasteiger partial charge in [0.05, 0.1) is 0 Å². The van der Waals surface area contributed by atoms with Gasteiger partial charge in [-0.15, -0.1) is 0 Å². The Balaban J connectivity index is 0.000000323. The van der Waals surface area contributed by atoms with Crippen molar-refractivity contribution < 1.29 is 0 Å². The summed E-state index contributed by atoms with van der Waals surface area (Å²) in [5.74, 6) is 0. The summed E-state index contributed by atoms with van der Waals surface area (Å²) in [5, 5.41) is 5.54. The number of fused-ring (bicyclic) bond motifs is 1. The van der Waals surface area contributed by atoms with E-state index in [1.165, 1.54) is 17.8 Å². The van der Waals surface area contributed by atoms with Gasteiger partial charge in [0.2, 0.25) is 0 Å². The van der Waals surface area contributed by atoms with Crippen LogP contribution in [0.1, 0.15) is 13.8 Å². The molecule has 0 saturated heterocycles. The molecule has 0 N–H and O–H groups in total. The van der Waals surface area contributed by atoms with E-state index in [9.17, 15) is 0 Å². The maximum absolute atomic E-state index is 7.33. The first-order chi connectivity index (χ1) is 7.88. The molecule has 0 saturated carbocycles. The molecule has 84 valence electrons. The van der Waals surface area contributed by atoms with Gasteiger partial charge in [0, 0.05) is 12.0 Å². The summed E-state index contributed by atoms with van der Waals surface area (Å²) in [6, 6.07) is 16.7. The minimum atomic E-state index is 1.31. The number of benzene rings is 2. The zero-order chi connectivity index (χ0) is 12.2. The van der Waals surface area contributed by atoms with Gasteiger partial charge in [-0.05, 0) is 16.3 Å². The van der Waals surface area contributed by atoms with E-state index >= 15 is 0 Å². The maximum Gasteiger partial charge on any atom is 0.0139 e. The molecule has 0 fully saturated rings. The topological polar surface area (TPSA) is 48.8 Å². The van der Waals surface area contributed by atoms with Crippen molar-refractivity contribution in [2.45, 2.75) is 13.8 Å². The van der Waals surface area contributed by atoms with E-state index in [-0.39, 0.29) is 0 Å². The van der Waals surface area contributed by atoms with Crippen molar-refractivity contribution in [1.82, 2.24) is 0 Å². The summed E-state index contributed by atoms with van der Waals surface area (Å²) in [6.45, 7) is 4.00. The molecule has 0 unspecified atom stereocenters. The Morgan fingerprint density at radius 1 is 0.875 bits per heavy atom. The van der Waals surface area contributed by atoms with Crippen LogP contribution in [0.15, 0.2) is 53.6 Å². The minimum absolute atomic E-state index is 1.31. The first-order valence-electron chi connectivity index (χ1n) is 5.25. The molecule has 0 heterocycles. The molecule has 3 heteroatoms. The Morgan fingerprint density at radius 2 is 1.12 bits per heavy atom. The van der Waals surface area contributed by atoms with Gasteiger partial charge in [-0.1, -0.05) is 67.5 Å². The molecule has 0 amide bonds. The van der Waals surface area contributed by atoms with E-state index in [1.54, 1.807) is 0 Å². The zero-order valence-corrected chi connectivity index (χ0v) is 9.96. The highest BCUT2D eigenvalue weighted by Crippen LogP contribution is 2.11. The Morgan fingerprint density at radius 3 is 1.31 bits per heavy atom. The molecule has 0 atom stereocenters. The predicted molar refractivity (Wildman–Crippen MR) is 70.4 cm³/mol. The third kappa shape index (κ3) is 5.03. The van der Waals surface area contributed by atoms with Gasteiger partial charge >= 0.3 is 0 Å². The summed E-state index contributed by atoms with van der Waals surface area (Å²) < 4.78 is 0. The largest absolute Gasteiger partial charge is 0.0973 e. The Bertz CT molecular complexity index is 380. The monoisotopic (exact) mass is 215 g/mol. The van der Waals surface area contributed by atoms with E-state index in [2.05, 4.69) is 58.6 Å². The number of nitrogens with zero attached hydrogens (tertiary/aromatic N) is 3. The maximum atomic E-state index is 7.33. The van der Waals surface area contributed by atoms with Crippen LogP contribution in [0.2, 0.25) is 0 Å². The lowest BCUT2D eigenvalue weighted by atomic mass is 10.1. The lowest BCUT2D eigenvalue weighted by molar-refractivity contribution is 1.40. The van der Waals surface area contributed by atoms with Crippen molar-refractivity contribution in [2.24, 2.45) is 5.11 Å². The van der Waals surface area contributed by atoms with Gasteiger partial charge < -0.3 is 0 Å². The Kier molecular flexibility index (Phi) is 8.37. The third-order valence-electron chi connectivity index (χ3n) is 1.75. The van der Waals surface area contributed by atoms with E-state index < -0.39 is 0 Å². The van der Waals surface area contributed by atoms with E-state index in [0.717, 1.165) is 0 Å². The number of azide groups is 1. The fourth-order valence-electron chi connectivity index (χ4n) is 1.13. The molecule has 0 radical (unpaired) electrons. The Labute approximate surface area is 96.4 Å². The molecule has 0 aromatic heterocycles. The third-order valence-corrected chi connectivity index (χ3v) is 1.75. The molecule has 0 aliphatic rings. The van der Waals surface area contributed by atoms with Crippen LogP contribution >= 0.6 is 0 Å². The standard InChI is InChI=1S/C10H8.C2H6.CH3N3/c1-2-6-10-8-4-3-7-9(10)5-1;1-2;1-3-4-2/h1-8H;1-2H3;1H3. The fourth-order valence-corrected chi connectivity index (χ4v) is 1.13. The van der Waals surface area contributed by atoms with Crippen molar-refractivity contribution in [1.29, 1.82) is 0 Å². The van der Waals surface area contributed by atoms with Gasteiger partial charge in [0.15, 0.2) is 0 Å². The molecular formula is C13H17N3.